The Morgan fingerprint density at radius 2 is 1.76 bits per heavy atom. The van der Waals surface area contributed by atoms with Gasteiger partial charge in [0.15, 0.2) is 5.11 Å². The minimum atomic E-state index is -0.277. The van der Waals surface area contributed by atoms with Crippen molar-refractivity contribution < 1.29 is 9.13 Å². The fourth-order valence-corrected chi connectivity index (χ4v) is 5.99. The third-order valence-corrected chi connectivity index (χ3v) is 8.34. The van der Waals surface area contributed by atoms with E-state index in [0.29, 0.717) is 35.5 Å². The van der Waals surface area contributed by atoms with Gasteiger partial charge in [0.1, 0.15) is 11.5 Å². The molecule has 212 valence electrons. The van der Waals surface area contributed by atoms with Gasteiger partial charge in [0, 0.05) is 61.2 Å². The number of aromatic nitrogens is 3. The molecule has 2 aromatic heterocycles. The smallest absolute Gasteiger partial charge is 0.260 e. The highest BCUT2D eigenvalue weighted by Gasteiger charge is 2.25. The minimum Gasteiger partial charge on any atom is -0.381 e. The van der Waals surface area contributed by atoms with Gasteiger partial charge in [-0.1, -0.05) is 24.3 Å². The zero-order valence-corrected chi connectivity index (χ0v) is 23.8. The van der Waals surface area contributed by atoms with Gasteiger partial charge in [0.05, 0.1) is 0 Å². The van der Waals surface area contributed by atoms with E-state index in [9.17, 15) is 9.18 Å². The minimum absolute atomic E-state index is 0.0170. The van der Waals surface area contributed by atoms with E-state index in [1.807, 2.05) is 48.0 Å². The third kappa shape index (κ3) is 5.94. The molecule has 2 saturated heterocycles. The van der Waals surface area contributed by atoms with Gasteiger partial charge in [-0.05, 0) is 86.3 Å². The molecule has 2 aromatic carbocycles. The highest BCUT2D eigenvalue weighted by molar-refractivity contribution is 7.80. The number of aryl methyl sites for hydroxylation is 1. The van der Waals surface area contributed by atoms with E-state index in [-0.39, 0.29) is 23.5 Å². The van der Waals surface area contributed by atoms with E-state index in [1.54, 1.807) is 12.1 Å². The highest BCUT2D eigenvalue weighted by Crippen LogP contribution is 2.28. The average molecular weight is 573 g/mol. The molecule has 10 heteroatoms. The fourth-order valence-electron chi connectivity index (χ4n) is 5.69. The van der Waals surface area contributed by atoms with E-state index in [4.69, 9.17) is 21.9 Å². The molecule has 0 aliphatic carbocycles. The van der Waals surface area contributed by atoms with Gasteiger partial charge in [-0.25, -0.2) is 9.37 Å². The van der Waals surface area contributed by atoms with Crippen LogP contribution in [-0.2, 0) is 4.74 Å². The maximum atomic E-state index is 14.0. The Balaban J connectivity index is 1.22. The number of likely N-dealkylation sites (tertiary alicyclic amines) is 1. The molecule has 2 fully saturated rings. The van der Waals surface area contributed by atoms with Crippen LogP contribution in [0.4, 0.5) is 16.0 Å². The van der Waals surface area contributed by atoms with Gasteiger partial charge in [0.2, 0.25) is 5.95 Å². The number of halogens is 1. The molecule has 2 aliphatic rings. The van der Waals surface area contributed by atoms with Gasteiger partial charge in [-0.3, -0.25) is 9.36 Å². The molecular formula is C31H33FN6O2S. The second-order valence-corrected chi connectivity index (χ2v) is 11.1. The first-order valence-electron chi connectivity index (χ1n) is 14.1. The molecule has 0 spiro atoms. The lowest BCUT2D eigenvalue weighted by atomic mass is 10.00. The van der Waals surface area contributed by atoms with E-state index >= 15 is 0 Å². The Bertz CT molecular complexity index is 1610. The first-order valence-corrected chi connectivity index (χ1v) is 14.5. The Kier molecular flexibility index (Phi) is 7.93. The maximum absolute atomic E-state index is 14.0. The zero-order chi connectivity index (χ0) is 28.3. The number of hydrogen-bond donors (Lipinski definition) is 2. The predicted molar refractivity (Wildman–Crippen MR) is 164 cm³/mol. The molecule has 0 atom stereocenters. The van der Waals surface area contributed by atoms with Gasteiger partial charge >= 0.3 is 0 Å². The summed E-state index contributed by atoms with van der Waals surface area (Å²) in [6.45, 7) is 4.81. The zero-order valence-electron chi connectivity index (χ0n) is 23.0. The summed E-state index contributed by atoms with van der Waals surface area (Å²) in [5.41, 5.74) is 4.05. The molecule has 0 amide bonds. The topological polar surface area (TPSA) is 84.3 Å². The number of piperidine rings is 1. The number of anilines is 2. The molecule has 0 radical (unpaired) electrons. The third-order valence-electron chi connectivity index (χ3n) is 7.98. The van der Waals surface area contributed by atoms with Crippen LogP contribution in [0.2, 0.25) is 0 Å². The van der Waals surface area contributed by atoms with Crippen LogP contribution in [0, 0.1) is 12.7 Å². The Morgan fingerprint density at radius 3 is 2.49 bits per heavy atom. The van der Waals surface area contributed by atoms with Gasteiger partial charge in [-0.2, -0.15) is 4.98 Å². The molecule has 41 heavy (non-hydrogen) atoms. The molecule has 2 N–H and O–H groups in total. The highest BCUT2D eigenvalue weighted by atomic mass is 32.1. The van der Waals surface area contributed by atoms with Crippen molar-refractivity contribution in [1.82, 2.24) is 19.4 Å². The van der Waals surface area contributed by atoms with Crippen LogP contribution in [-0.4, -0.2) is 56.9 Å². The SMILES string of the molecule is Cc1ccccc1-c1cc2cnc(NC3CCN(C(=S)Nc4ccc(F)cc4)CC3)nc2n(C2CCOCC2)c1=O. The van der Waals surface area contributed by atoms with E-state index in [1.165, 1.54) is 12.1 Å². The molecular weight excluding hydrogens is 539 g/mol. The van der Waals surface area contributed by atoms with Gasteiger partial charge < -0.3 is 20.3 Å². The van der Waals surface area contributed by atoms with Crippen molar-refractivity contribution in [2.24, 2.45) is 0 Å². The summed E-state index contributed by atoms with van der Waals surface area (Å²) in [5, 5.41) is 8.16. The number of rotatable bonds is 5. The molecule has 4 aromatic rings. The monoisotopic (exact) mass is 572 g/mol. The van der Waals surface area contributed by atoms with E-state index in [2.05, 4.69) is 20.5 Å². The summed E-state index contributed by atoms with van der Waals surface area (Å²) in [6, 6.07) is 16.3. The summed E-state index contributed by atoms with van der Waals surface area (Å²) >= 11 is 5.59. The fraction of sp³-hybridized carbons (Fsp3) is 0.355. The number of thiocarbonyl (C=S) groups is 1. The second-order valence-electron chi connectivity index (χ2n) is 10.7. The lowest BCUT2D eigenvalue weighted by Gasteiger charge is -2.34. The van der Waals surface area contributed by atoms with Crippen LogP contribution in [0.1, 0.15) is 37.3 Å². The van der Waals surface area contributed by atoms with Crippen molar-refractivity contribution in [2.45, 2.75) is 44.7 Å². The van der Waals surface area contributed by atoms with Crippen molar-refractivity contribution in [3.8, 4) is 11.1 Å². The number of ether oxygens (including phenoxy) is 1. The van der Waals surface area contributed by atoms with Crippen LogP contribution >= 0.6 is 12.2 Å². The lowest BCUT2D eigenvalue weighted by molar-refractivity contribution is 0.0697. The predicted octanol–water partition coefficient (Wildman–Crippen LogP) is 5.53. The molecule has 6 rings (SSSR count). The largest absolute Gasteiger partial charge is 0.381 e. The summed E-state index contributed by atoms with van der Waals surface area (Å²) in [6.07, 6.45) is 5.06. The quantitative estimate of drug-likeness (QED) is 0.302. The first kappa shape index (κ1) is 27.3. The first-order chi connectivity index (χ1) is 20.0. The van der Waals surface area contributed by atoms with Crippen LogP contribution in [0.5, 0.6) is 0 Å². The van der Waals surface area contributed by atoms with Gasteiger partial charge in [0.25, 0.3) is 5.56 Å². The average Bonchev–Trinajstić information content (AvgIpc) is 2.99. The van der Waals surface area contributed by atoms with Crippen molar-refractivity contribution >= 4 is 40.0 Å². The van der Waals surface area contributed by atoms with Crippen LogP contribution in [0.25, 0.3) is 22.2 Å². The number of nitrogens with one attached hydrogen (secondary N) is 2. The molecule has 0 bridgehead atoms. The number of hydrogen-bond acceptors (Lipinski definition) is 6. The molecule has 2 aliphatic heterocycles. The van der Waals surface area contributed by atoms with Crippen LogP contribution in [0.15, 0.2) is 65.6 Å². The van der Waals surface area contributed by atoms with Crippen LogP contribution < -0.4 is 16.2 Å². The summed E-state index contributed by atoms with van der Waals surface area (Å²) < 4.78 is 20.7. The summed E-state index contributed by atoms with van der Waals surface area (Å²) in [4.78, 5) is 25.6. The molecule has 8 nitrogen and oxygen atoms in total. The Labute approximate surface area is 243 Å². The Morgan fingerprint density at radius 1 is 1.02 bits per heavy atom. The van der Waals surface area contributed by atoms with E-state index < -0.39 is 0 Å². The summed E-state index contributed by atoms with van der Waals surface area (Å²) in [7, 11) is 0. The van der Waals surface area contributed by atoms with E-state index in [0.717, 1.165) is 61.0 Å². The lowest BCUT2D eigenvalue weighted by Crippen LogP contribution is -2.44. The normalized spacial score (nSPS) is 16.6. The number of benzene rings is 2. The molecule has 0 saturated carbocycles. The number of fused-ring (bicyclic) bond motifs is 1. The van der Waals surface area contributed by atoms with Crippen molar-refractivity contribution in [1.29, 1.82) is 0 Å². The van der Waals surface area contributed by atoms with Gasteiger partial charge in [-0.15, -0.1) is 0 Å². The Hall–Kier alpha value is -3.89. The molecule has 4 heterocycles. The van der Waals surface area contributed by atoms with Crippen molar-refractivity contribution in [2.75, 3.05) is 36.9 Å². The summed E-state index contributed by atoms with van der Waals surface area (Å²) in [5.74, 6) is 0.243. The standard InChI is InChI=1S/C31H33FN6O2S/c1-20-4-2-3-5-26(20)27-18-21-19-33-30(36-28(21)38(29(27)39)25-12-16-40-17-13-25)34-24-10-14-37(15-11-24)31(41)35-23-8-6-22(32)7-9-23/h2-9,18-19,24-25H,10-17H2,1H3,(H,35,41)(H,33,34,36). The molecule has 0 unspecified atom stereocenters. The van der Waals surface area contributed by atoms with Crippen molar-refractivity contribution in [3.05, 3.63) is 82.5 Å². The maximum Gasteiger partial charge on any atom is 0.260 e. The second kappa shape index (κ2) is 11.9. The van der Waals surface area contributed by atoms with Crippen LogP contribution in [0.3, 0.4) is 0 Å². The number of pyridine rings is 1. The number of nitrogens with zero attached hydrogens (tertiary/aromatic N) is 4. The van der Waals surface area contributed by atoms with Crippen molar-refractivity contribution in [3.63, 3.8) is 0 Å².